The maximum absolute atomic E-state index is 12.1. The van der Waals surface area contributed by atoms with Gasteiger partial charge in [0.15, 0.2) is 5.13 Å². The molecule has 116 valence electrons. The molecular weight excluding hydrogens is 300 g/mol. The van der Waals surface area contributed by atoms with Gasteiger partial charge in [-0.1, -0.05) is 43.4 Å². The molecule has 1 N–H and O–H groups in total. The monoisotopic (exact) mass is 318 g/mol. The number of nitrogens with zero attached hydrogens (tertiary/aromatic N) is 1. The molecule has 0 aliphatic carbocycles. The minimum atomic E-state index is -0.399. The van der Waals surface area contributed by atoms with E-state index in [2.05, 4.69) is 10.3 Å². The SMILES string of the molecule is Cc1nc(NC(=O)c2ccccc2)sc1C(=O)OCC(C)C. The zero-order chi connectivity index (χ0) is 16.1. The van der Waals surface area contributed by atoms with Crippen LogP contribution >= 0.6 is 11.3 Å². The number of anilines is 1. The molecule has 1 heterocycles. The molecule has 1 aromatic carbocycles. The summed E-state index contributed by atoms with van der Waals surface area (Å²) >= 11 is 1.12. The van der Waals surface area contributed by atoms with Gasteiger partial charge in [0.2, 0.25) is 0 Å². The molecular formula is C16H18N2O3S. The minimum Gasteiger partial charge on any atom is -0.461 e. The van der Waals surface area contributed by atoms with Crippen molar-refractivity contribution in [2.45, 2.75) is 20.8 Å². The molecule has 0 saturated heterocycles. The van der Waals surface area contributed by atoms with Crippen molar-refractivity contribution in [1.82, 2.24) is 4.98 Å². The normalized spacial score (nSPS) is 10.5. The minimum absolute atomic E-state index is 0.253. The molecule has 0 fully saturated rings. The number of carbonyl (C=O) groups excluding carboxylic acids is 2. The van der Waals surface area contributed by atoms with Gasteiger partial charge in [0, 0.05) is 5.56 Å². The first-order valence-electron chi connectivity index (χ1n) is 6.98. The van der Waals surface area contributed by atoms with Crippen molar-refractivity contribution in [3.05, 3.63) is 46.5 Å². The van der Waals surface area contributed by atoms with Crippen molar-refractivity contribution >= 4 is 28.3 Å². The Morgan fingerprint density at radius 1 is 1.27 bits per heavy atom. The number of benzene rings is 1. The van der Waals surface area contributed by atoms with Crippen LogP contribution in [0.5, 0.6) is 0 Å². The molecule has 1 amide bonds. The summed E-state index contributed by atoms with van der Waals surface area (Å²) in [6.07, 6.45) is 0. The molecule has 0 unspecified atom stereocenters. The van der Waals surface area contributed by atoms with Crippen LogP contribution in [0.15, 0.2) is 30.3 Å². The van der Waals surface area contributed by atoms with Crippen molar-refractivity contribution in [3.8, 4) is 0 Å². The molecule has 0 aliphatic heterocycles. The third-order valence-electron chi connectivity index (χ3n) is 2.79. The van der Waals surface area contributed by atoms with Crippen molar-refractivity contribution < 1.29 is 14.3 Å². The van der Waals surface area contributed by atoms with Crippen LogP contribution in [0.1, 0.15) is 39.6 Å². The Bertz CT molecular complexity index is 665. The first-order chi connectivity index (χ1) is 10.5. The highest BCUT2D eigenvalue weighted by atomic mass is 32.1. The second-order valence-corrected chi connectivity index (χ2v) is 6.25. The van der Waals surface area contributed by atoms with Crippen molar-refractivity contribution in [1.29, 1.82) is 0 Å². The highest BCUT2D eigenvalue weighted by Crippen LogP contribution is 2.24. The van der Waals surface area contributed by atoms with Crippen LogP contribution in [0, 0.1) is 12.8 Å². The van der Waals surface area contributed by atoms with Gasteiger partial charge in [-0.25, -0.2) is 9.78 Å². The number of carbonyl (C=O) groups is 2. The number of hydrogen-bond donors (Lipinski definition) is 1. The smallest absolute Gasteiger partial charge is 0.350 e. The van der Waals surface area contributed by atoms with Crippen LogP contribution in [0.3, 0.4) is 0 Å². The van der Waals surface area contributed by atoms with Crippen LogP contribution < -0.4 is 5.32 Å². The highest BCUT2D eigenvalue weighted by molar-refractivity contribution is 7.17. The van der Waals surface area contributed by atoms with Crippen molar-refractivity contribution in [3.63, 3.8) is 0 Å². The van der Waals surface area contributed by atoms with Gasteiger partial charge in [0.25, 0.3) is 5.91 Å². The number of hydrogen-bond acceptors (Lipinski definition) is 5. The van der Waals surface area contributed by atoms with E-state index in [1.54, 1.807) is 31.2 Å². The maximum Gasteiger partial charge on any atom is 0.350 e. The standard InChI is InChI=1S/C16H18N2O3S/c1-10(2)9-21-15(20)13-11(3)17-16(22-13)18-14(19)12-7-5-4-6-8-12/h4-8,10H,9H2,1-3H3,(H,17,18,19). The highest BCUT2D eigenvalue weighted by Gasteiger charge is 2.18. The van der Waals surface area contributed by atoms with Gasteiger partial charge in [0.05, 0.1) is 12.3 Å². The van der Waals surface area contributed by atoms with Gasteiger partial charge in [-0.15, -0.1) is 0 Å². The summed E-state index contributed by atoms with van der Waals surface area (Å²) in [5.74, 6) is -0.380. The summed E-state index contributed by atoms with van der Waals surface area (Å²) in [4.78, 5) is 28.7. The Morgan fingerprint density at radius 3 is 2.59 bits per heavy atom. The summed E-state index contributed by atoms with van der Waals surface area (Å²) in [6.45, 7) is 6.03. The summed E-state index contributed by atoms with van der Waals surface area (Å²) in [6, 6.07) is 8.85. The Labute approximate surface area is 133 Å². The van der Waals surface area contributed by atoms with Crippen LogP contribution in [-0.4, -0.2) is 23.5 Å². The molecule has 0 bridgehead atoms. The Hall–Kier alpha value is -2.21. The maximum atomic E-state index is 12.1. The van der Waals surface area contributed by atoms with E-state index in [0.29, 0.717) is 27.9 Å². The molecule has 6 heteroatoms. The average molecular weight is 318 g/mol. The molecule has 0 radical (unpaired) electrons. The van der Waals surface area contributed by atoms with Gasteiger partial charge in [-0.3, -0.25) is 10.1 Å². The zero-order valence-corrected chi connectivity index (χ0v) is 13.6. The predicted molar refractivity (Wildman–Crippen MR) is 86.4 cm³/mol. The van der Waals surface area contributed by atoms with Gasteiger partial charge >= 0.3 is 5.97 Å². The van der Waals surface area contributed by atoms with Crippen molar-refractivity contribution in [2.75, 3.05) is 11.9 Å². The molecule has 5 nitrogen and oxygen atoms in total. The van der Waals surface area contributed by atoms with Crippen LogP contribution in [0.4, 0.5) is 5.13 Å². The largest absolute Gasteiger partial charge is 0.461 e. The fraction of sp³-hybridized carbons (Fsp3) is 0.312. The molecule has 0 saturated carbocycles. The predicted octanol–water partition coefficient (Wildman–Crippen LogP) is 3.52. The van der Waals surface area contributed by atoms with Gasteiger partial charge < -0.3 is 4.74 Å². The second kappa shape index (κ2) is 7.17. The third kappa shape index (κ3) is 4.14. The van der Waals surface area contributed by atoms with E-state index in [1.807, 2.05) is 19.9 Å². The summed E-state index contributed by atoms with van der Waals surface area (Å²) in [7, 11) is 0. The summed E-state index contributed by atoms with van der Waals surface area (Å²) in [5.41, 5.74) is 1.10. The zero-order valence-electron chi connectivity index (χ0n) is 12.8. The van der Waals surface area contributed by atoms with E-state index in [0.717, 1.165) is 11.3 Å². The lowest BCUT2D eigenvalue weighted by Crippen LogP contribution is -2.11. The van der Waals surface area contributed by atoms with E-state index in [-0.39, 0.29) is 11.8 Å². The first kappa shape index (κ1) is 16.2. The molecule has 0 atom stereocenters. The van der Waals surface area contributed by atoms with Crippen molar-refractivity contribution in [2.24, 2.45) is 5.92 Å². The number of aromatic nitrogens is 1. The molecule has 2 rings (SSSR count). The van der Waals surface area contributed by atoms with Gasteiger partial charge in [-0.05, 0) is 25.0 Å². The number of aryl methyl sites for hydroxylation is 1. The summed E-state index contributed by atoms with van der Waals surface area (Å²) in [5, 5.41) is 3.09. The number of esters is 1. The first-order valence-corrected chi connectivity index (χ1v) is 7.80. The van der Waals surface area contributed by atoms with E-state index < -0.39 is 5.97 Å². The number of rotatable bonds is 5. The number of ether oxygens (including phenoxy) is 1. The fourth-order valence-corrected chi connectivity index (χ4v) is 2.56. The number of thiazole rings is 1. The van der Waals surface area contributed by atoms with E-state index in [4.69, 9.17) is 4.74 Å². The number of nitrogens with one attached hydrogen (secondary N) is 1. The molecule has 0 spiro atoms. The second-order valence-electron chi connectivity index (χ2n) is 5.25. The topological polar surface area (TPSA) is 68.3 Å². The Morgan fingerprint density at radius 2 is 1.95 bits per heavy atom. The van der Waals surface area contributed by atoms with Gasteiger partial charge in [0.1, 0.15) is 4.88 Å². The van der Waals surface area contributed by atoms with Crippen LogP contribution in [-0.2, 0) is 4.74 Å². The Kier molecular flexibility index (Phi) is 5.27. The van der Waals surface area contributed by atoms with Crippen LogP contribution in [0.2, 0.25) is 0 Å². The van der Waals surface area contributed by atoms with E-state index >= 15 is 0 Å². The van der Waals surface area contributed by atoms with Gasteiger partial charge in [-0.2, -0.15) is 0 Å². The molecule has 1 aromatic heterocycles. The fourth-order valence-electron chi connectivity index (χ4n) is 1.71. The Balaban J connectivity index is 2.06. The molecule has 22 heavy (non-hydrogen) atoms. The van der Waals surface area contributed by atoms with E-state index in [1.165, 1.54) is 0 Å². The lowest BCUT2D eigenvalue weighted by Gasteiger charge is -2.05. The third-order valence-corrected chi connectivity index (χ3v) is 3.84. The lowest BCUT2D eigenvalue weighted by atomic mass is 10.2. The average Bonchev–Trinajstić information content (AvgIpc) is 2.86. The lowest BCUT2D eigenvalue weighted by molar-refractivity contribution is 0.0463. The molecule has 2 aromatic rings. The quantitative estimate of drug-likeness (QED) is 0.857. The molecule has 0 aliphatic rings. The van der Waals surface area contributed by atoms with Crippen LogP contribution in [0.25, 0.3) is 0 Å². The number of amides is 1. The van der Waals surface area contributed by atoms with E-state index in [9.17, 15) is 9.59 Å². The summed E-state index contributed by atoms with van der Waals surface area (Å²) < 4.78 is 5.19.